The van der Waals surface area contributed by atoms with Gasteiger partial charge in [0.25, 0.3) is 0 Å². The minimum Gasteiger partial charge on any atom is -0.481 e. The molecule has 2 aromatic carbocycles. The number of nitrogens with two attached hydrogens (primary N) is 1. The van der Waals surface area contributed by atoms with Gasteiger partial charge >= 0.3 is 5.97 Å². The first-order valence-corrected chi connectivity index (χ1v) is 15.4. The second-order valence-electron chi connectivity index (χ2n) is 12.0. The third-order valence-corrected chi connectivity index (χ3v) is 9.20. The number of ether oxygens (including phenoxy) is 1. The number of hydrogen-bond acceptors (Lipinski definition) is 6. The van der Waals surface area contributed by atoms with Crippen LogP contribution in [0.25, 0.3) is 0 Å². The Kier molecular flexibility index (Phi) is 9.47. The topological polar surface area (TPSA) is 108 Å². The summed E-state index contributed by atoms with van der Waals surface area (Å²) in [5, 5.41) is 9.01. The Morgan fingerprint density at radius 3 is 2.34 bits per heavy atom. The summed E-state index contributed by atoms with van der Waals surface area (Å²) < 4.78 is 6.11. The molecule has 0 bridgehead atoms. The van der Waals surface area contributed by atoms with Crippen molar-refractivity contribution >= 4 is 23.5 Å². The van der Waals surface area contributed by atoms with E-state index >= 15 is 0 Å². The fraction of sp³-hybridized carbons (Fsp3) is 0.545. The van der Waals surface area contributed by atoms with Gasteiger partial charge in [0.2, 0.25) is 5.91 Å². The van der Waals surface area contributed by atoms with Crippen molar-refractivity contribution in [2.75, 3.05) is 7.05 Å². The maximum atomic E-state index is 13.3. The first-order valence-electron chi connectivity index (χ1n) is 15.4. The number of carboxylic acid groups (broad SMARTS) is 1. The highest BCUT2D eigenvalue weighted by Gasteiger charge is 2.33. The predicted molar refractivity (Wildman–Crippen MR) is 160 cm³/mol. The maximum absolute atomic E-state index is 13.3. The van der Waals surface area contributed by atoms with Gasteiger partial charge in [0.05, 0.1) is 12.1 Å². The Morgan fingerprint density at radius 2 is 1.66 bits per heavy atom. The van der Waals surface area contributed by atoms with E-state index in [1.54, 1.807) is 24.3 Å². The van der Waals surface area contributed by atoms with Crippen molar-refractivity contribution in [3.63, 3.8) is 0 Å². The maximum Gasteiger partial charge on any atom is 0.307 e. The molecule has 1 aliphatic heterocycles. The number of benzene rings is 2. The Balaban J connectivity index is 1.29. The molecule has 0 aromatic heterocycles. The minimum absolute atomic E-state index is 0.0149. The number of aliphatic imine (C=N–C) groups is 1. The second kappa shape index (κ2) is 13.4. The van der Waals surface area contributed by atoms with E-state index < -0.39 is 5.97 Å². The van der Waals surface area contributed by atoms with E-state index in [2.05, 4.69) is 4.90 Å². The van der Waals surface area contributed by atoms with Crippen LogP contribution in [0.5, 0.6) is 11.5 Å². The molecule has 0 radical (unpaired) electrons. The van der Waals surface area contributed by atoms with E-state index in [-0.39, 0.29) is 18.4 Å². The molecule has 2 aliphatic carbocycles. The number of carboxylic acids is 1. The first-order chi connectivity index (χ1) is 19.9. The summed E-state index contributed by atoms with van der Waals surface area (Å²) in [5.74, 6) is 1.76. The fourth-order valence-electron chi connectivity index (χ4n) is 6.87. The Hall–Kier alpha value is -3.55. The third kappa shape index (κ3) is 7.40. The minimum atomic E-state index is -0.857. The van der Waals surface area contributed by atoms with Crippen LogP contribution < -0.4 is 10.5 Å². The van der Waals surface area contributed by atoms with Gasteiger partial charge in [-0.25, -0.2) is 4.99 Å². The molecule has 8 nitrogen and oxygen atoms in total. The molecule has 2 saturated carbocycles. The molecule has 1 amide bonds. The molecule has 3 aliphatic rings. The summed E-state index contributed by atoms with van der Waals surface area (Å²) in [6.45, 7) is 0.632. The summed E-state index contributed by atoms with van der Waals surface area (Å²) in [6.07, 6.45) is 13.3. The molecule has 1 heterocycles. The zero-order valence-corrected chi connectivity index (χ0v) is 24.3. The standard InChI is InChI=1S/C33H44N4O4/c1-36(26-10-6-3-7-11-26)31(38)19-18-30(24-8-4-2-5-9-24)37-22-25-21-28(16-17-29(25)35-33(37)34)41-27-14-12-23(13-15-27)20-32(39)40/h12-17,21,24,26,30H,2-11,18-20,22H2,1H3,(H2,34,35)(H,39,40). The molecule has 41 heavy (non-hydrogen) atoms. The summed E-state index contributed by atoms with van der Waals surface area (Å²) in [6, 6.07) is 13.5. The van der Waals surface area contributed by atoms with Gasteiger partial charge in [0.15, 0.2) is 5.96 Å². The molecule has 5 rings (SSSR count). The SMILES string of the molecule is CN(C(=O)CCC(C1CCCCC1)N1Cc2cc(Oc3ccc(CC(=O)O)cc3)ccc2N=C1N)C1CCCCC1. The highest BCUT2D eigenvalue weighted by molar-refractivity contribution is 5.84. The lowest BCUT2D eigenvalue weighted by atomic mass is 9.81. The van der Waals surface area contributed by atoms with Crippen molar-refractivity contribution in [1.29, 1.82) is 0 Å². The molecule has 1 unspecified atom stereocenters. The fourth-order valence-corrected chi connectivity index (χ4v) is 6.87. The molecule has 220 valence electrons. The Morgan fingerprint density at radius 1 is 1.00 bits per heavy atom. The van der Waals surface area contributed by atoms with Crippen molar-refractivity contribution in [3.8, 4) is 11.5 Å². The number of carbonyl (C=O) groups excluding carboxylic acids is 1. The van der Waals surface area contributed by atoms with E-state index in [1.807, 2.05) is 30.1 Å². The second-order valence-corrected chi connectivity index (χ2v) is 12.0. The van der Waals surface area contributed by atoms with Crippen molar-refractivity contribution in [3.05, 3.63) is 53.6 Å². The highest BCUT2D eigenvalue weighted by atomic mass is 16.5. The van der Waals surface area contributed by atoms with E-state index in [0.717, 1.165) is 48.9 Å². The molecule has 2 fully saturated rings. The van der Waals surface area contributed by atoms with E-state index in [1.165, 1.54) is 38.5 Å². The molecule has 0 saturated heterocycles. The number of aliphatic carboxylic acids is 1. The lowest BCUT2D eigenvalue weighted by molar-refractivity contribution is -0.136. The average Bonchev–Trinajstić information content (AvgIpc) is 2.99. The summed E-state index contributed by atoms with van der Waals surface area (Å²) in [4.78, 5) is 33.3. The largest absolute Gasteiger partial charge is 0.481 e. The average molecular weight is 561 g/mol. The summed E-state index contributed by atoms with van der Waals surface area (Å²) in [5.41, 5.74) is 9.22. The van der Waals surface area contributed by atoms with Crippen molar-refractivity contribution in [2.24, 2.45) is 16.6 Å². The van der Waals surface area contributed by atoms with Gasteiger partial charge in [-0.3, -0.25) is 9.59 Å². The number of rotatable bonds is 10. The molecular formula is C33H44N4O4. The lowest BCUT2D eigenvalue weighted by Gasteiger charge is -2.41. The number of nitrogens with zero attached hydrogens (tertiary/aromatic N) is 3. The molecule has 3 N–H and O–H groups in total. The smallest absolute Gasteiger partial charge is 0.307 e. The van der Waals surface area contributed by atoms with Gasteiger partial charge in [0.1, 0.15) is 11.5 Å². The molecular weight excluding hydrogens is 516 g/mol. The quantitative estimate of drug-likeness (QED) is 0.349. The third-order valence-electron chi connectivity index (χ3n) is 9.20. The van der Waals surface area contributed by atoms with Crippen LogP contribution in [0.4, 0.5) is 5.69 Å². The van der Waals surface area contributed by atoms with Crippen LogP contribution in [-0.2, 0) is 22.6 Å². The van der Waals surface area contributed by atoms with Gasteiger partial charge in [-0.15, -0.1) is 0 Å². The molecule has 1 atom stereocenters. The van der Waals surface area contributed by atoms with Gasteiger partial charge in [0, 0.05) is 37.7 Å². The van der Waals surface area contributed by atoms with Crippen molar-refractivity contribution in [1.82, 2.24) is 9.80 Å². The zero-order chi connectivity index (χ0) is 28.8. The summed E-state index contributed by atoms with van der Waals surface area (Å²) >= 11 is 0. The molecule has 8 heteroatoms. The van der Waals surface area contributed by atoms with Crippen LogP contribution in [0.15, 0.2) is 47.5 Å². The zero-order valence-electron chi connectivity index (χ0n) is 24.3. The van der Waals surface area contributed by atoms with E-state index in [0.29, 0.717) is 42.4 Å². The van der Waals surface area contributed by atoms with Crippen LogP contribution >= 0.6 is 0 Å². The van der Waals surface area contributed by atoms with E-state index in [4.69, 9.17) is 20.6 Å². The predicted octanol–water partition coefficient (Wildman–Crippen LogP) is 6.39. The normalized spacial score (nSPS) is 18.8. The van der Waals surface area contributed by atoms with Gasteiger partial charge in [-0.2, -0.15) is 0 Å². The van der Waals surface area contributed by atoms with Gasteiger partial charge in [-0.1, -0.05) is 50.7 Å². The van der Waals surface area contributed by atoms with Gasteiger partial charge < -0.3 is 25.4 Å². The highest BCUT2D eigenvalue weighted by Crippen LogP contribution is 2.37. The number of amides is 1. The Bertz CT molecular complexity index is 1230. The first kappa shape index (κ1) is 29.0. The van der Waals surface area contributed by atoms with Crippen LogP contribution in [0.2, 0.25) is 0 Å². The number of guanidine groups is 1. The molecule has 2 aromatic rings. The lowest BCUT2D eigenvalue weighted by Crippen LogP contribution is -2.49. The van der Waals surface area contributed by atoms with E-state index in [9.17, 15) is 9.59 Å². The molecule has 0 spiro atoms. The van der Waals surface area contributed by atoms with Gasteiger partial charge in [-0.05, 0) is 73.9 Å². The number of hydrogen-bond donors (Lipinski definition) is 2. The van der Waals surface area contributed by atoms with Crippen LogP contribution in [-0.4, -0.2) is 51.9 Å². The Labute approximate surface area is 243 Å². The van der Waals surface area contributed by atoms with Crippen molar-refractivity contribution < 1.29 is 19.4 Å². The van der Waals surface area contributed by atoms with Crippen molar-refractivity contribution in [2.45, 2.75) is 102 Å². The summed E-state index contributed by atoms with van der Waals surface area (Å²) in [7, 11) is 1.99. The monoisotopic (exact) mass is 560 g/mol. The number of fused-ring (bicyclic) bond motifs is 1. The van der Waals surface area contributed by atoms with Crippen LogP contribution in [0, 0.1) is 5.92 Å². The van der Waals surface area contributed by atoms with Crippen LogP contribution in [0.1, 0.15) is 88.2 Å². The van der Waals surface area contributed by atoms with Crippen LogP contribution in [0.3, 0.4) is 0 Å². The number of carbonyl (C=O) groups is 2.